The number of carbonyl (C=O) groups is 1. The molecule has 1 fully saturated rings. The van der Waals surface area contributed by atoms with Crippen molar-refractivity contribution in [3.05, 3.63) is 24.3 Å². The fourth-order valence-corrected chi connectivity index (χ4v) is 2.83. The molecule has 0 bridgehead atoms. The Morgan fingerprint density at radius 3 is 3.13 bits per heavy atom. The van der Waals surface area contributed by atoms with E-state index in [9.17, 15) is 4.79 Å². The van der Waals surface area contributed by atoms with Crippen LogP contribution < -0.4 is 5.32 Å². The Balaban J connectivity index is 1.80. The second-order valence-corrected chi connectivity index (χ2v) is 6.33. The fourth-order valence-electron chi connectivity index (χ4n) is 2.83. The van der Waals surface area contributed by atoms with Gasteiger partial charge in [0.05, 0.1) is 6.26 Å². The van der Waals surface area contributed by atoms with Crippen LogP contribution in [0.2, 0.25) is 0 Å². The van der Waals surface area contributed by atoms with Crippen LogP contribution in [-0.2, 0) is 9.53 Å². The van der Waals surface area contributed by atoms with E-state index >= 15 is 0 Å². The lowest BCUT2D eigenvalue weighted by Gasteiger charge is -2.34. The zero-order valence-corrected chi connectivity index (χ0v) is 14.0. The van der Waals surface area contributed by atoms with Crippen molar-refractivity contribution in [2.75, 3.05) is 33.7 Å². The lowest BCUT2D eigenvalue weighted by Crippen LogP contribution is -2.48. The third kappa shape index (κ3) is 5.67. The molecule has 0 aromatic rings. The molecule has 7 nitrogen and oxygen atoms in total. The summed E-state index contributed by atoms with van der Waals surface area (Å²) in [4.78, 5) is 16.3. The van der Waals surface area contributed by atoms with Gasteiger partial charge in [0.1, 0.15) is 6.04 Å². The second kappa shape index (κ2) is 8.67. The molecule has 23 heavy (non-hydrogen) atoms. The van der Waals surface area contributed by atoms with Crippen LogP contribution in [0, 0.1) is 5.53 Å². The van der Waals surface area contributed by atoms with Crippen molar-refractivity contribution < 1.29 is 9.53 Å². The Morgan fingerprint density at radius 2 is 2.39 bits per heavy atom. The van der Waals surface area contributed by atoms with Crippen LogP contribution in [0.1, 0.15) is 25.7 Å². The molecule has 128 valence electrons. The van der Waals surface area contributed by atoms with E-state index in [1.807, 2.05) is 19.0 Å². The molecule has 1 saturated heterocycles. The van der Waals surface area contributed by atoms with Crippen molar-refractivity contribution in [1.29, 1.82) is 5.53 Å². The van der Waals surface area contributed by atoms with Gasteiger partial charge in [-0.3, -0.25) is 4.79 Å². The minimum absolute atomic E-state index is 0.186. The molecular weight excluding hydrogens is 294 g/mol. The van der Waals surface area contributed by atoms with E-state index in [1.54, 1.807) is 18.4 Å². The van der Waals surface area contributed by atoms with Crippen LogP contribution in [0.4, 0.5) is 0 Å². The number of likely N-dealkylation sites (tertiary alicyclic amines) is 1. The van der Waals surface area contributed by atoms with Gasteiger partial charge in [-0.2, -0.15) is 5.11 Å². The fraction of sp³-hybridized carbons (Fsp3) is 0.688. The van der Waals surface area contributed by atoms with E-state index in [-0.39, 0.29) is 18.0 Å². The van der Waals surface area contributed by atoms with Gasteiger partial charge in [-0.1, -0.05) is 0 Å². The van der Waals surface area contributed by atoms with Crippen molar-refractivity contribution in [2.45, 2.75) is 37.8 Å². The van der Waals surface area contributed by atoms with Gasteiger partial charge in [0.15, 0.2) is 5.88 Å². The first-order valence-corrected chi connectivity index (χ1v) is 8.19. The number of piperidine rings is 1. The Kier molecular flexibility index (Phi) is 6.58. The van der Waals surface area contributed by atoms with E-state index in [2.05, 4.69) is 15.3 Å². The van der Waals surface area contributed by atoms with Crippen molar-refractivity contribution in [3.63, 3.8) is 0 Å². The van der Waals surface area contributed by atoms with Gasteiger partial charge in [0.2, 0.25) is 5.91 Å². The van der Waals surface area contributed by atoms with Crippen LogP contribution in [0.25, 0.3) is 0 Å². The molecule has 2 rings (SSSR count). The van der Waals surface area contributed by atoms with Gasteiger partial charge < -0.3 is 19.9 Å². The first-order chi connectivity index (χ1) is 11.1. The highest BCUT2D eigenvalue weighted by Crippen LogP contribution is 2.15. The predicted octanol–water partition coefficient (Wildman–Crippen LogP) is 1.69. The average Bonchev–Trinajstić information content (AvgIpc) is 2.55. The maximum absolute atomic E-state index is 12.3. The minimum Gasteiger partial charge on any atom is -0.450 e. The molecule has 0 spiro atoms. The van der Waals surface area contributed by atoms with Gasteiger partial charge >= 0.3 is 0 Å². The number of amides is 1. The Morgan fingerprint density at radius 1 is 1.57 bits per heavy atom. The Bertz CT molecular complexity index is 475. The molecule has 2 unspecified atom stereocenters. The first kappa shape index (κ1) is 17.5. The van der Waals surface area contributed by atoms with Crippen molar-refractivity contribution in [1.82, 2.24) is 15.1 Å². The molecule has 0 aromatic carbocycles. The summed E-state index contributed by atoms with van der Waals surface area (Å²) >= 11 is 0. The summed E-state index contributed by atoms with van der Waals surface area (Å²) in [6, 6.07) is -0.0794. The van der Waals surface area contributed by atoms with Gasteiger partial charge in [0, 0.05) is 31.6 Å². The summed E-state index contributed by atoms with van der Waals surface area (Å²) in [6.07, 6.45) is 8.56. The molecule has 2 atom stereocenters. The summed E-state index contributed by atoms with van der Waals surface area (Å²) in [7, 11) is 4.04. The van der Waals surface area contributed by atoms with Crippen molar-refractivity contribution >= 4 is 5.91 Å². The zero-order chi connectivity index (χ0) is 16.7. The van der Waals surface area contributed by atoms with E-state index in [4.69, 9.17) is 10.3 Å². The van der Waals surface area contributed by atoms with Gasteiger partial charge in [-0.05, 0) is 46.0 Å². The number of hydrogen-bond donors (Lipinski definition) is 2. The van der Waals surface area contributed by atoms with Gasteiger partial charge in [-0.25, -0.2) is 5.53 Å². The quantitative estimate of drug-likeness (QED) is 0.699. The number of nitrogens with zero attached hydrogens (tertiary/aromatic N) is 3. The van der Waals surface area contributed by atoms with Gasteiger partial charge in [0.25, 0.3) is 0 Å². The Hall–Kier alpha value is -1.89. The summed E-state index contributed by atoms with van der Waals surface area (Å²) in [5.41, 5.74) is 7.08. The minimum atomic E-state index is -0.265. The van der Waals surface area contributed by atoms with Crippen LogP contribution in [0.3, 0.4) is 0 Å². The monoisotopic (exact) mass is 321 g/mol. The first-order valence-electron chi connectivity index (χ1n) is 8.19. The van der Waals surface area contributed by atoms with Crippen LogP contribution in [-0.4, -0.2) is 61.5 Å². The number of hydrogen-bond acceptors (Lipinski definition) is 6. The molecule has 0 radical (unpaired) electrons. The SMILES string of the molecule is CN(C)CCCC(=O)N1CCCC(NC2=CC(N=N)C=CO2)C1. The normalized spacial score (nSPS) is 24.1. The van der Waals surface area contributed by atoms with Crippen LogP contribution >= 0.6 is 0 Å². The largest absolute Gasteiger partial charge is 0.450 e. The maximum Gasteiger partial charge on any atom is 0.222 e. The molecule has 2 heterocycles. The molecule has 2 N–H and O–H groups in total. The molecule has 0 aliphatic carbocycles. The smallest absolute Gasteiger partial charge is 0.222 e. The molecule has 2 aliphatic rings. The summed E-state index contributed by atoms with van der Waals surface area (Å²) < 4.78 is 5.42. The number of nitrogens with one attached hydrogen (secondary N) is 2. The van der Waals surface area contributed by atoms with E-state index < -0.39 is 0 Å². The maximum atomic E-state index is 12.3. The van der Waals surface area contributed by atoms with E-state index in [0.29, 0.717) is 18.8 Å². The Labute approximate surface area is 137 Å². The molecule has 0 aromatic heterocycles. The summed E-state index contributed by atoms with van der Waals surface area (Å²) in [5.74, 6) is 0.858. The molecular formula is C16H27N5O2. The lowest BCUT2D eigenvalue weighted by atomic mass is 10.0. The molecule has 1 amide bonds. The summed E-state index contributed by atoms with van der Waals surface area (Å²) in [6.45, 7) is 2.48. The topological polar surface area (TPSA) is 81.0 Å². The standard InChI is InChI=1S/C16H27N5O2/c1-20(2)8-4-6-16(22)21-9-3-5-14(12-21)18-15-11-13(19-17)7-10-23-15/h7,10-11,13-14,17-18H,3-6,8-9,12H2,1-2H3. The average molecular weight is 321 g/mol. The predicted molar refractivity (Wildman–Crippen MR) is 87.8 cm³/mol. The van der Waals surface area contributed by atoms with Crippen molar-refractivity contribution in [2.24, 2.45) is 5.11 Å². The molecule has 0 saturated carbocycles. The number of carbonyl (C=O) groups excluding carboxylic acids is 1. The second-order valence-electron chi connectivity index (χ2n) is 6.33. The zero-order valence-electron chi connectivity index (χ0n) is 14.0. The highest BCUT2D eigenvalue weighted by molar-refractivity contribution is 5.76. The lowest BCUT2D eigenvalue weighted by molar-refractivity contribution is -0.132. The molecule has 7 heteroatoms. The van der Waals surface area contributed by atoms with Crippen LogP contribution in [0.5, 0.6) is 0 Å². The van der Waals surface area contributed by atoms with Gasteiger partial charge in [-0.15, -0.1) is 0 Å². The van der Waals surface area contributed by atoms with E-state index in [1.165, 1.54) is 0 Å². The third-order valence-corrected chi connectivity index (χ3v) is 4.06. The van der Waals surface area contributed by atoms with Crippen LogP contribution in [0.15, 0.2) is 29.4 Å². The summed E-state index contributed by atoms with van der Waals surface area (Å²) in [5, 5.41) is 6.80. The highest BCUT2D eigenvalue weighted by atomic mass is 16.5. The molecule has 2 aliphatic heterocycles. The highest BCUT2D eigenvalue weighted by Gasteiger charge is 2.24. The van der Waals surface area contributed by atoms with Crippen molar-refractivity contribution in [3.8, 4) is 0 Å². The van der Waals surface area contributed by atoms with E-state index in [0.717, 1.165) is 32.4 Å². The third-order valence-electron chi connectivity index (χ3n) is 4.06. The number of ether oxygens (including phenoxy) is 1. The number of rotatable bonds is 7.